The minimum atomic E-state index is -0.445. The third-order valence-corrected chi connectivity index (χ3v) is 7.04. The molecule has 0 bridgehead atoms. The fourth-order valence-electron chi connectivity index (χ4n) is 4.97. The summed E-state index contributed by atoms with van der Waals surface area (Å²) in [4.78, 5) is 26.0. The van der Waals surface area contributed by atoms with Crippen molar-refractivity contribution in [1.29, 1.82) is 0 Å². The first-order chi connectivity index (χ1) is 17.4. The molecular formula is C29H32F2N2O3. The molecule has 0 saturated carbocycles. The Morgan fingerprint density at radius 2 is 2.00 bits per heavy atom. The van der Waals surface area contributed by atoms with Gasteiger partial charge in [0.2, 0.25) is 5.91 Å². The van der Waals surface area contributed by atoms with E-state index in [1.54, 1.807) is 43.3 Å². The number of piperidine rings is 1. The monoisotopic (exact) mass is 494 g/mol. The predicted molar refractivity (Wildman–Crippen MR) is 135 cm³/mol. The Labute approximate surface area is 210 Å². The molecule has 2 aliphatic heterocycles. The van der Waals surface area contributed by atoms with E-state index >= 15 is 4.39 Å². The molecule has 5 nitrogen and oxygen atoms in total. The largest absolute Gasteiger partial charge is 0.372 e. The molecule has 2 fully saturated rings. The van der Waals surface area contributed by atoms with E-state index in [1.165, 1.54) is 12.1 Å². The molecule has 4 rings (SSSR count). The molecule has 2 aliphatic rings. The molecule has 0 aliphatic carbocycles. The molecule has 2 aromatic carbocycles. The number of likely N-dealkylation sites (N-methyl/N-ethyl adjacent to an activating group) is 1. The Morgan fingerprint density at radius 3 is 2.72 bits per heavy atom. The van der Waals surface area contributed by atoms with Crippen LogP contribution >= 0.6 is 0 Å². The summed E-state index contributed by atoms with van der Waals surface area (Å²) in [6, 6.07) is 10.6. The van der Waals surface area contributed by atoms with Crippen LogP contribution in [-0.2, 0) is 20.7 Å². The second-order valence-electron chi connectivity index (χ2n) is 9.51. The molecule has 1 amide bonds. The van der Waals surface area contributed by atoms with Crippen LogP contribution in [0.15, 0.2) is 65.9 Å². The van der Waals surface area contributed by atoms with Gasteiger partial charge < -0.3 is 15.0 Å². The summed E-state index contributed by atoms with van der Waals surface area (Å²) in [5, 5.41) is 3.15. The number of benzene rings is 2. The lowest BCUT2D eigenvalue weighted by molar-refractivity contribution is -0.131. The van der Waals surface area contributed by atoms with Crippen molar-refractivity contribution in [2.45, 2.75) is 57.2 Å². The van der Waals surface area contributed by atoms with E-state index in [0.29, 0.717) is 54.6 Å². The summed E-state index contributed by atoms with van der Waals surface area (Å²) in [6.07, 6.45) is 7.32. The van der Waals surface area contributed by atoms with Gasteiger partial charge in [-0.1, -0.05) is 36.4 Å². The number of amides is 1. The van der Waals surface area contributed by atoms with Crippen molar-refractivity contribution >= 4 is 12.2 Å². The van der Waals surface area contributed by atoms with Gasteiger partial charge >= 0.3 is 0 Å². The van der Waals surface area contributed by atoms with E-state index in [4.69, 9.17) is 4.74 Å². The van der Waals surface area contributed by atoms with Crippen molar-refractivity contribution < 1.29 is 23.1 Å². The molecule has 2 saturated heterocycles. The van der Waals surface area contributed by atoms with Crippen LogP contribution in [0.25, 0.3) is 11.1 Å². The first-order valence-electron chi connectivity index (χ1n) is 12.4. The van der Waals surface area contributed by atoms with E-state index in [-0.39, 0.29) is 18.0 Å². The maximum atomic E-state index is 15.7. The Morgan fingerprint density at radius 1 is 1.19 bits per heavy atom. The topological polar surface area (TPSA) is 58.6 Å². The molecule has 0 spiro atoms. The van der Waals surface area contributed by atoms with Crippen LogP contribution in [-0.4, -0.2) is 48.9 Å². The normalized spacial score (nSPS) is 23.7. The third-order valence-electron chi connectivity index (χ3n) is 7.04. The van der Waals surface area contributed by atoms with E-state index < -0.39 is 17.7 Å². The fourth-order valence-corrected chi connectivity index (χ4v) is 4.97. The molecule has 2 aromatic rings. The molecule has 2 heterocycles. The van der Waals surface area contributed by atoms with Gasteiger partial charge in [-0.15, -0.1) is 0 Å². The van der Waals surface area contributed by atoms with Gasteiger partial charge in [-0.25, -0.2) is 8.78 Å². The van der Waals surface area contributed by atoms with Crippen molar-refractivity contribution in [1.82, 2.24) is 10.2 Å². The summed E-state index contributed by atoms with van der Waals surface area (Å²) in [7, 11) is 1.93. The van der Waals surface area contributed by atoms with Crippen LogP contribution in [0.1, 0.15) is 38.2 Å². The Bertz CT molecular complexity index is 1170. The highest BCUT2D eigenvalue weighted by atomic mass is 19.1. The van der Waals surface area contributed by atoms with Crippen LogP contribution in [0.5, 0.6) is 0 Å². The summed E-state index contributed by atoms with van der Waals surface area (Å²) >= 11 is 0. The zero-order valence-electron chi connectivity index (χ0n) is 20.7. The molecule has 0 radical (unpaired) electrons. The first-order valence-corrected chi connectivity index (χ1v) is 12.4. The van der Waals surface area contributed by atoms with Crippen LogP contribution < -0.4 is 5.32 Å². The highest BCUT2D eigenvalue weighted by Crippen LogP contribution is 2.31. The number of hydrogen-bond acceptors (Lipinski definition) is 4. The van der Waals surface area contributed by atoms with Crippen molar-refractivity contribution in [3.8, 4) is 11.1 Å². The maximum absolute atomic E-state index is 15.7. The number of halogens is 2. The molecular weight excluding hydrogens is 462 g/mol. The van der Waals surface area contributed by atoms with Gasteiger partial charge in [0.1, 0.15) is 24.0 Å². The SMILES string of the molecule is C/C(C=O)=C/C=C1/CCC(NC(=O)C2CCCO2)C(Cc2cccc(-c3cccc(F)c3)c2F)N1C. The van der Waals surface area contributed by atoms with Crippen LogP contribution in [0.3, 0.4) is 0 Å². The van der Waals surface area contributed by atoms with Gasteiger partial charge in [-0.05, 0) is 73.9 Å². The number of carbonyl (C=O) groups is 2. The number of carbonyl (C=O) groups excluding carboxylic acids is 2. The summed E-state index contributed by atoms with van der Waals surface area (Å²) < 4.78 is 35.0. The number of nitrogens with one attached hydrogen (secondary N) is 1. The molecule has 3 unspecified atom stereocenters. The number of rotatable bonds is 7. The minimum Gasteiger partial charge on any atom is -0.372 e. The zero-order valence-corrected chi connectivity index (χ0v) is 20.7. The van der Waals surface area contributed by atoms with Gasteiger partial charge in [-0.2, -0.15) is 0 Å². The van der Waals surface area contributed by atoms with Gasteiger partial charge in [0, 0.05) is 31.0 Å². The maximum Gasteiger partial charge on any atom is 0.249 e. The van der Waals surface area contributed by atoms with E-state index in [9.17, 15) is 14.0 Å². The number of ether oxygens (including phenoxy) is 1. The summed E-state index contributed by atoms with van der Waals surface area (Å²) in [6.45, 7) is 2.32. The highest BCUT2D eigenvalue weighted by Gasteiger charge is 2.35. The Kier molecular flexibility index (Phi) is 8.31. The predicted octanol–water partition coefficient (Wildman–Crippen LogP) is 4.96. The lowest BCUT2D eigenvalue weighted by Gasteiger charge is -2.43. The van der Waals surface area contributed by atoms with Gasteiger partial charge in [0.25, 0.3) is 0 Å². The van der Waals surface area contributed by atoms with E-state index in [0.717, 1.165) is 18.4 Å². The number of likely N-dealkylation sites (tertiary alicyclic amines) is 1. The van der Waals surface area contributed by atoms with Crippen LogP contribution in [0, 0.1) is 11.6 Å². The molecule has 7 heteroatoms. The highest BCUT2D eigenvalue weighted by molar-refractivity contribution is 5.81. The Balaban J connectivity index is 1.63. The second-order valence-corrected chi connectivity index (χ2v) is 9.51. The van der Waals surface area contributed by atoms with Gasteiger partial charge in [-0.3, -0.25) is 9.59 Å². The third kappa shape index (κ3) is 5.90. The standard InChI is InChI=1S/C29H32F2N2O3/c1-19(18-34)11-12-23-13-14-25(32-29(35)27-10-5-15-36-27)26(33(23)2)17-21-7-4-9-24(28(21)31)20-6-3-8-22(30)16-20/h3-4,6-9,11-12,16,18,25-27H,5,10,13-15,17H2,1-2H3,(H,32,35)/b19-11-,23-12-. The first kappa shape index (κ1) is 25.8. The van der Waals surface area contributed by atoms with Crippen molar-refractivity contribution in [3.63, 3.8) is 0 Å². The summed E-state index contributed by atoms with van der Waals surface area (Å²) in [5.41, 5.74) is 2.92. The van der Waals surface area contributed by atoms with Crippen molar-refractivity contribution in [2.75, 3.05) is 13.7 Å². The minimum absolute atomic E-state index is 0.131. The zero-order chi connectivity index (χ0) is 25.7. The average Bonchev–Trinajstić information content (AvgIpc) is 3.42. The van der Waals surface area contributed by atoms with E-state index in [2.05, 4.69) is 10.2 Å². The molecule has 0 aromatic heterocycles. The summed E-state index contributed by atoms with van der Waals surface area (Å²) in [5.74, 6) is -0.947. The van der Waals surface area contributed by atoms with Gasteiger partial charge in [0.05, 0.1) is 6.04 Å². The quantitative estimate of drug-likeness (QED) is 0.437. The van der Waals surface area contributed by atoms with Crippen LogP contribution in [0.4, 0.5) is 8.78 Å². The number of hydrogen-bond donors (Lipinski definition) is 1. The van der Waals surface area contributed by atoms with Crippen molar-refractivity contribution in [3.05, 3.63) is 83.1 Å². The molecule has 1 N–H and O–H groups in total. The van der Waals surface area contributed by atoms with Crippen molar-refractivity contribution in [2.24, 2.45) is 0 Å². The fraction of sp³-hybridized carbons (Fsp3) is 0.379. The second kappa shape index (κ2) is 11.6. The molecule has 3 atom stereocenters. The number of allylic oxidation sites excluding steroid dienone is 4. The molecule has 190 valence electrons. The molecule has 36 heavy (non-hydrogen) atoms. The number of aldehydes is 1. The van der Waals surface area contributed by atoms with Crippen LogP contribution in [0.2, 0.25) is 0 Å². The lowest BCUT2D eigenvalue weighted by atomic mass is 9.88. The lowest BCUT2D eigenvalue weighted by Crippen LogP contribution is -2.55. The smallest absolute Gasteiger partial charge is 0.249 e. The Hall–Kier alpha value is -3.32. The van der Waals surface area contributed by atoms with E-state index in [1.807, 2.05) is 13.1 Å². The number of nitrogens with zero attached hydrogens (tertiary/aromatic N) is 1. The average molecular weight is 495 g/mol. The van der Waals surface area contributed by atoms with Gasteiger partial charge in [0.15, 0.2) is 0 Å².